The number of benzene rings is 1. The normalized spacial score (nSPS) is 11.4. The molecule has 0 spiro atoms. The van der Waals surface area contributed by atoms with Gasteiger partial charge < -0.3 is 9.32 Å². The summed E-state index contributed by atoms with van der Waals surface area (Å²) < 4.78 is 43.0. The molecule has 3 nitrogen and oxygen atoms in total. The summed E-state index contributed by atoms with van der Waals surface area (Å²) in [6.45, 7) is -1.66. The predicted octanol–water partition coefficient (Wildman–Crippen LogP) is 4.14. The highest BCUT2D eigenvalue weighted by atomic mass is 35.5. The van der Waals surface area contributed by atoms with E-state index in [1.54, 1.807) is 12.1 Å². The number of furan rings is 1. The van der Waals surface area contributed by atoms with Crippen molar-refractivity contribution in [3.8, 4) is 0 Å². The van der Waals surface area contributed by atoms with E-state index >= 15 is 0 Å². The smallest absolute Gasteiger partial charge is 0.406 e. The van der Waals surface area contributed by atoms with Crippen LogP contribution >= 0.6 is 11.6 Å². The Morgan fingerprint density at radius 2 is 1.90 bits per heavy atom. The van der Waals surface area contributed by atoms with Crippen molar-refractivity contribution in [1.29, 1.82) is 0 Å². The standard InChI is InChI=1S/C14H11ClF3NO2/c15-12-6-2-1-5-11(12)13(20)19(9-14(16,17)18)8-10-4-3-7-21-10/h1-7H,8-9H2. The summed E-state index contributed by atoms with van der Waals surface area (Å²) in [6.07, 6.45) is -3.18. The lowest BCUT2D eigenvalue weighted by Gasteiger charge is -2.23. The molecule has 0 bridgehead atoms. The summed E-state index contributed by atoms with van der Waals surface area (Å²) in [5.41, 5.74) is 0.0231. The molecule has 1 amide bonds. The van der Waals surface area contributed by atoms with Crippen LogP contribution in [0.2, 0.25) is 5.02 Å². The van der Waals surface area contributed by atoms with Crippen LogP contribution in [0, 0.1) is 0 Å². The first kappa shape index (κ1) is 15.4. The van der Waals surface area contributed by atoms with E-state index < -0.39 is 18.6 Å². The third-order valence-electron chi connectivity index (χ3n) is 2.69. The van der Waals surface area contributed by atoms with Gasteiger partial charge in [0.25, 0.3) is 5.91 Å². The Hall–Kier alpha value is -1.95. The molecule has 0 saturated heterocycles. The zero-order valence-electron chi connectivity index (χ0n) is 10.7. The van der Waals surface area contributed by atoms with Crippen molar-refractivity contribution in [3.05, 3.63) is 59.0 Å². The highest BCUT2D eigenvalue weighted by Gasteiger charge is 2.34. The topological polar surface area (TPSA) is 33.5 Å². The summed E-state index contributed by atoms with van der Waals surface area (Å²) in [6, 6.07) is 9.02. The van der Waals surface area contributed by atoms with Gasteiger partial charge in [-0.1, -0.05) is 23.7 Å². The Kier molecular flexibility index (Phi) is 4.57. The van der Waals surface area contributed by atoms with Gasteiger partial charge in [-0.3, -0.25) is 4.79 Å². The Morgan fingerprint density at radius 3 is 2.48 bits per heavy atom. The molecule has 0 atom stereocenters. The highest BCUT2D eigenvalue weighted by molar-refractivity contribution is 6.33. The number of alkyl halides is 3. The van der Waals surface area contributed by atoms with E-state index in [4.69, 9.17) is 16.0 Å². The van der Waals surface area contributed by atoms with Gasteiger partial charge in [0.2, 0.25) is 0 Å². The van der Waals surface area contributed by atoms with E-state index in [0.29, 0.717) is 4.90 Å². The first-order valence-corrected chi connectivity index (χ1v) is 6.37. The molecule has 7 heteroatoms. The summed E-state index contributed by atoms with van der Waals surface area (Å²) in [7, 11) is 0. The van der Waals surface area contributed by atoms with Gasteiger partial charge in [0.15, 0.2) is 0 Å². The van der Waals surface area contributed by atoms with Gasteiger partial charge in [-0.05, 0) is 24.3 Å². The third kappa shape index (κ3) is 4.26. The van der Waals surface area contributed by atoms with Crippen LogP contribution in [0.3, 0.4) is 0 Å². The SMILES string of the molecule is O=C(c1ccccc1Cl)N(Cc1ccco1)CC(F)(F)F. The maximum absolute atomic E-state index is 12.7. The zero-order chi connectivity index (χ0) is 15.5. The minimum absolute atomic E-state index is 0.0231. The highest BCUT2D eigenvalue weighted by Crippen LogP contribution is 2.23. The Morgan fingerprint density at radius 1 is 1.19 bits per heavy atom. The molecule has 0 fully saturated rings. The van der Waals surface area contributed by atoms with Crippen LogP contribution in [0.1, 0.15) is 16.1 Å². The number of amides is 1. The van der Waals surface area contributed by atoms with Crippen molar-refractivity contribution >= 4 is 17.5 Å². The van der Waals surface area contributed by atoms with Crippen LogP contribution in [-0.2, 0) is 6.54 Å². The molecule has 0 aliphatic carbocycles. The number of nitrogens with zero attached hydrogens (tertiary/aromatic N) is 1. The van der Waals surface area contributed by atoms with Crippen molar-refractivity contribution in [3.63, 3.8) is 0 Å². The van der Waals surface area contributed by atoms with Crippen LogP contribution in [0.4, 0.5) is 13.2 Å². The molecule has 1 aromatic heterocycles. The summed E-state index contributed by atoms with van der Waals surface area (Å²) in [5, 5.41) is 0.106. The fourth-order valence-corrected chi connectivity index (χ4v) is 2.03. The van der Waals surface area contributed by atoms with E-state index in [1.807, 2.05) is 0 Å². The van der Waals surface area contributed by atoms with Crippen molar-refractivity contribution in [2.45, 2.75) is 12.7 Å². The molecule has 21 heavy (non-hydrogen) atoms. The summed E-state index contributed by atoms with van der Waals surface area (Å²) in [5.74, 6) is -0.533. The van der Waals surface area contributed by atoms with E-state index in [0.717, 1.165) is 0 Å². The molecule has 0 N–H and O–H groups in total. The van der Waals surface area contributed by atoms with Crippen molar-refractivity contribution in [2.75, 3.05) is 6.54 Å². The Bertz CT molecular complexity index is 611. The molecular weight excluding hydrogens is 307 g/mol. The number of rotatable bonds is 4. The van der Waals surface area contributed by atoms with Crippen molar-refractivity contribution < 1.29 is 22.4 Å². The minimum Gasteiger partial charge on any atom is -0.467 e. The van der Waals surface area contributed by atoms with E-state index in [1.165, 1.54) is 30.5 Å². The van der Waals surface area contributed by atoms with Crippen molar-refractivity contribution in [1.82, 2.24) is 4.90 Å². The van der Waals surface area contributed by atoms with E-state index in [2.05, 4.69) is 0 Å². The quantitative estimate of drug-likeness (QED) is 0.849. The maximum Gasteiger partial charge on any atom is 0.406 e. The first-order valence-electron chi connectivity index (χ1n) is 6.00. The maximum atomic E-state index is 12.7. The average Bonchev–Trinajstić information content (AvgIpc) is 2.89. The second-order valence-corrected chi connectivity index (χ2v) is 4.74. The Labute approximate surface area is 123 Å². The van der Waals surface area contributed by atoms with Gasteiger partial charge in [0, 0.05) is 0 Å². The third-order valence-corrected chi connectivity index (χ3v) is 3.02. The number of hydrogen-bond donors (Lipinski definition) is 0. The number of carbonyl (C=O) groups is 1. The minimum atomic E-state index is -4.51. The molecule has 1 heterocycles. The molecule has 1 aromatic carbocycles. The van der Waals surface area contributed by atoms with Crippen LogP contribution in [0.15, 0.2) is 47.1 Å². The lowest BCUT2D eigenvalue weighted by Crippen LogP contribution is -2.38. The molecule has 0 unspecified atom stereocenters. The van der Waals surface area contributed by atoms with Gasteiger partial charge in [-0.25, -0.2) is 0 Å². The largest absolute Gasteiger partial charge is 0.467 e. The summed E-state index contributed by atoms with van der Waals surface area (Å²) >= 11 is 5.86. The molecule has 0 radical (unpaired) electrons. The second-order valence-electron chi connectivity index (χ2n) is 4.34. The predicted molar refractivity (Wildman–Crippen MR) is 71.0 cm³/mol. The molecule has 0 aliphatic rings. The van der Waals surface area contributed by atoms with Gasteiger partial charge in [-0.2, -0.15) is 13.2 Å². The van der Waals surface area contributed by atoms with Crippen LogP contribution < -0.4 is 0 Å². The Balaban J connectivity index is 2.26. The number of hydrogen-bond acceptors (Lipinski definition) is 2. The van der Waals surface area contributed by atoms with Crippen LogP contribution in [0.25, 0.3) is 0 Å². The van der Waals surface area contributed by atoms with Crippen molar-refractivity contribution in [2.24, 2.45) is 0 Å². The molecule has 0 aliphatic heterocycles. The lowest BCUT2D eigenvalue weighted by atomic mass is 10.2. The van der Waals surface area contributed by atoms with Gasteiger partial charge in [-0.15, -0.1) is 0 Å². The second kappa shape index (κ2) is 6.22. The number of carbonyl (C=O) groups excluding carboxylic acids is 1. The monoisotopic (exact) mass is 317 g/mol. The molecule has 2 rings (SSSR count). The van der Waals surface area contributed by atoms with E-state index in [-0.39, 0.29) is 22.9 Å². The average molecular weight is 318 g/mol. The number of halogens is 4. The first-order chi connectivity index (χ1) is 9.87. The van der Waals surface area contributed by atoms with Gasteiger partial charge in [0.05, 0.1) is 23.4 Å². The summed E-state index contributed by atoms with van der Waals surface area (Å²) in [4.78, 5) is 12.9. The van der Waals surface area contributed by atoms with E-state index in [9.17, 15) is 18.0 Å². The fourth-order valence-electron chi connectivity index (χ4n) is 1.81. The zero-order valence-corrected chi connectivity index (χ0v) is 11.5. The van der Waals surface area contributed by atoms with Crippen LogP contribution in [-0.4, -0.2) is 23.5 Å². The van der Waals surface area contributed by atoms with Gasteiger partial charge >= 0.3 is 6.18 Å². The lowest BCUT2D eigenvalue weighted by molar-refractivity contribution is -0.142. The molecule has 112 valence electrons. The fraction of sp³-hybridized carbons (Fsp3) is 0.214. The van der Waals surface area contributed by atoms with Crippen LogP contribution in [0.5, 0.6) is 0 Å². The molecule has 2 aromatic rings. The molecule has 0 saturated carbocycles. The van der Waals surface area contributed by atoms with Gasteiger partial charge in [0.1, 0.15) is 12.3 Å². The molecular formula is C14H11ClF3NO2.